The Morgan fingerprint density at radius 3 is 2.43 bits per heavy atom. The first-order valence-electron chi connectivity index (χ1n) is 7.29. The summed E-state index contributed by atoms with van der Waals surface area (Å²) in [6.07, 6.45) is 0. The van der Waals surface area contributed by atoms with E-state index in [1.165, 1.54) is 9.36 Å². The molecule has 0 saturated carbocycles. The van der Waals surface area contributed by atoms with Crippen LogP contribution in [0, 0.1) is 0 Å². The third kappa shape index (κ3) is 2.11. The van der Waals surface area contributed by atoms with Crippen molar-refractivity contribution in [3.8, 4) is 17.1 Å². The number of para-hydroxylation sites is 2. The number of hydrogen-bond acceptors (Lipinski definition) is 3. The summed E-state index contributed by atoms with van der Waals surface area (Å²) in [5.74, 6) is 0. The second-order valence-electron chi connectivity index (χ2n) is 5.18. The largest absolute Gasteiger partial charge is 0.301 e. The van der Waals surface area contributed by atoms with E-state index in [2.05, 4.69) is 10.2 Å². The number of halogens is 1. The van der Waals surface area contributed by atoms with Crippen LogP contribution in [0.3, 0.4) is 0 Å². The van der Waals surface area contributed by atoms with E-state index in [1.54, 1.807) is 0 Å². The molecule has 0 aliphatic carbocycles. The van der Waals surface area contributed by atoms with Crippen LogP contribution >= 0.6 is 0 Å². The SMILES string of the molecule is O=c1c2nn(CCF)c3ccccc3c-2nn1-c1ccccc1. The predicted octanol–water partition coefficient (Wildman–Crippen LogP) is 2.66. The van der Waals surface area contributed by atoms with Crippen molar-refractivity contribution in [2.24, 2.45) is 0 Å². The van der Waals surface area contributed by atoms with Crippen molar-refractivity contribution in [1.29, 1.82) is 0 Å². The highest BCUT2D eigenvalue weighted by molar-refractivity contribution is 5.92. The van der Waals surface area contributed by atoms with Crippen LogP contribution in [0.4, 0.5) is 4.39 Å². The third-order valence-corrected chi connectivity index (χ3v) is 3.77. The highest BCUT2D eigenvalue weighted by Gasteiger charge is 2.22. The van der Waals surface area contributed by atoms with E-state index in [1.807, 2.05) is 54.6 Å². The molecule has 0 saturated heterocycles. The molecule has 0 fully saturated rings. The minimum atomic E-state index is -0.547. The van der Waals surface area contributed by atoms with Crippen LogP contribution in [-0.2, 0) is 6.54 Å². The topological polar surface area (TPSA) is 52.7 Å². The molecule has 0 amide bonds. The van der Waals surface area contributed by atoms with E-state index in [-0.39, 0.29) is 17.8 Å². The summed E-state index contributed by atoms with van der Waals surface area (Å²) in [5.41, 5.74) is 1.92. The zero-order valence-corrected chi connectivity index (χ0v) is 12.2. The van der Waals surface area contributed by atoms with Gasteiger partial charge >= 0.3 is 5.56 Å². The highest BCUT2D eigenvalue weighted by atomic mass is 19.1. The molecule has 2 heterocycles. The molecule has 23 heavy (non-hydrogen) atoms. The minimum absolute atomic E-state index is 0.104. The van der Waals surface area contributed by atoms with Crippen molar-refractivity contribution in [3.05, 3.63) is 65.0 Å². The first kappa shape index (κ1) is 13.6. The molecule has 0 spiro atoms. The Morgan fingerprint density at radius 2 is 1.65 bits per heavy atom. The van der Waals surface area contributed by atoms with E-state index in [0.29, 0.717) is 11.4 Å². The fourth-order valence-corrected chi connectivity index (χ4v) is 2.73. The van der Waals surface area contributed by atoms with E-state index < -0.39 is 6.67 Å². The number of benzene rings is 2. The molecule has 0 aromatic heterocycles. The van der Waals surface area contributed by atoms with Crippen LogP contribution in [0.2, 0.25) is 0 Å². The molecule has 5 nitrogen and oxygen atoms in total. The molecule has 0 unspecified atom stereocenters. The molecular weight excluding hydrogens is 295 g/mol. The smallest absolute Gasteiger partial charge is 0.265 e. The standard InChI is InChI=1S/C17H13FN4O/c18-10-11-21-14-9-5-4-8-13(14)15-16(19-21)17(23)22(20-15)12-6-2-1-3-7-12/h1-9H,10-11H2. The maximum absolute atomic E-state index is 12.8. The lowest BCUT2D eigenvalue weighted by Gasteiger charge is -2.10. The van der Waals surface area contributed by atoms with Gasteiger partial charge in [-0.15, -0.1) is 0 Å². The molecule has 0 bridgehead atoms. The van der Waals surface area contributed by atoms with Crippen molar-refractivity contribution in [2.75, 3.05) is 6.67 Å². The number of fused-ring (bicyclic) bond motifs is 3. The van der Waals surface area contributed by atoms with Crippen LogP contribution in [0.5, 0.6) is 0 Å². The quantitative estimate of drug-likeness (QED) is 0.584. The van der Waals surface area contributed by atoms with Crippen LogP contribution in [0.25, 0.3) is 28.0 Å². The lowest BCUT2D eigenvalue weighted by Crippen LogP contribution is -2.17. The minimum Gasteiger partial charge on any atom is -0.265 e. The van der Waals surface area contributed by atoms with Gasteiger partial charge in [0, 0.05) is 5.39 Å². The van der Waals surface area contributed by atoms with Gasteiger partial charge in [0.15, 0.2) is 5.69 Å². The summed E-state index contributed by atoms with van der Waals surface area (Å²) in [7, 11) is 0. The molecule has 4 rings (SSSR count). The average molecular weight is 308 g/mol. The summed E-state index contributed by atoms with van der Waals surface area (Å²) in [6.45, 7) is -0.444. The second kappa shape index (κ2) is 5.31. The van der Waals surface area contributed by atoms with Crippen molar-refractivity contribution in [3.63, 3.8) is 0 Å². The Bertz CT molecular complexity index is 1010. The van der Waals surface area contributed by atoms with Gasteiger partial charge in [-0.1, -0.05) is 36.4 Å². The third-order valence-electron chi connectivity index (χ3n) is 3.77. The zero-order chi connectivity index (χ0) is 15.8. The second-order valence-corrected chi connectivity index (χ2v) is 5.18. The van der Waals surface area contributed by atoms with Crippen molar-refractivity contribution < 1.29 is 4.39 Å². The first-order chi connectivity index (χ1) is 11.3. The molecule has 0 atom stereocenters. The number of hydrogen-bond donors (Lipinski definition) is 0. The van der Waals surface area contributed by atoms with Gasteiger partial charge in [0.2, 0.25) is 0 Å². The fraction of sp³-hybridized carbons (Fsp3) is 0.118. The van der Waals surface area contributed by atoms with E-state index in [9.17, 15) is 9.18 Å². The van der Waals surface area contributed by atoms with E-state index >= 15 is 0 Å². The number of aromatic nitrogens is 4. The maximum Gasteiger partial charge on any atom is 0.301 e. The van der Waals surface area contributed by atoms with Gasteiger partial charge in [0.1, 0.15) is 12.4 Å². The number of aryl methyl sites for hydroxylation is 1. The summed E-state index contributed by atoms with van der Waals surface area (Å²) in [4.78, 5) is 12.7. The van der Waals surface area contributed by atoms with E-state index in [4.69, 9.17) is 0 Å². The van der Waals surface area contributed by atoms with Crippen LogP contribution in [0.15, 0.2) is 59.4 Å². The lowest BCUT2D eigenvalue weighted by atomic mass is 10.1. The normalized spacial score (nSPS) is 11.3. The maximum atomic E-state index is 12.8. The summed E-state index contributed by atoms with van der Waals surface area (Å²) >= 11 is 0. The highest BCUT2D eigenvalue weighted by Crippen LogP contribution is 2.25. The molecule has 0 N–H and O–H groups in total. The number of rotatable bonds is 3. The molecule has 114 valence electrons. The van der Waals surface area contributed by atoms with Crippen molar-refractivity contribution in [2.45, 2.75) is 6.54 Å². The molecule has 2 aliphatic heterocycles. The van der Waals surface area contributed by atoms with Crippen LogP contribution in [-0.4, -0.2) is 26.2 Å². The zero-order valence-electron chi connectivity index (χ0n) is 12.2. The van der Waals surface area contributed by atoms with E-state index in [0.717, 1.165) is 10.9 Å². The van der Waals surface area contributed by atoms with Crippen molar-refractivity contribution >= 4 is 10.9 Å². The molecule has 0 radical (unpaired) electrons. The number of alkyl halides is 1. The van der Waals surface area contributed by atoms with Crippen LogP contribution < -0.4 is 5.56 Å². The van der Waals surface area contributed by atoms with Gasteiger partial charge in [-0.25, -0.2) is 4.39 Å². The summed E-state index contributed by atoms with van der Waals surface area (Å²) < 4.78 is 15.7. The fourth-order valence-electron chi connectivity index (χ4n) is 2.73. The summed E-state index contributed by atoms with van der Waals surface area (Å²) in [5, 5.41) is 9.56. The molecular formula is C17H13FN4O. The van der Waals surface area contributed by atoms with Gasteiger partial charge in [-0.2, -0.15) is 14.9 Å². The van der Waals surface area contributed by atoms with Gasteiger partial charge in [0.25, 0.3) is 0 Å². The predicted molar refractivity (Wildman–Crippen MR) is 85.7 cm³/mol. The first-order valence-corrected chi connectivity index (χ1v) is 7.29. The van der Waals surface area contributed by atoms with Crippen molar-refractivity contribution in [1.82, 2.24) is 19.6 Å². The molecule has 2 aromatic carbocycles. The Balaban J connectivity index is 2.08. The Hall–Kier alpha value is -3.02. The Labute approximate surface area is 130 Å². The molecule has 6 heteroatoms. The van der Waals surface area contributed by atoms with Gasteiger partial charge in [0.05, 0.1) is 17.7 Å². The Morgan fingerprint density at radius 1 is 0.913 bits per heavy atom. The summed E-state index contributed by atoms with van der Waals surface area (Å²) in [6, 6.07) is 16.6. The monoisotopic (exact) mass is 308 g/mol. The lowest BCUT2D eigenvalue weighted by molar-refractivity contribution is 0.431. The Kier molecular flexibility index (Phi) is 3.15. The van der Waals surface area contributed by atoms with Gasteiger partial charge < -0.3 is 0 Å². The average Bonchev–Trinajstić information content (AvgIpc) is 2.93. The van der Waals surface area contributed by atoms with Gasteiger partial charge in [-0.3, -0.25) is 9.48 Å². The molecule has 2 aromatic rings. The van der Waals surface area contributed by atoms with Gasteiger partial charge in [-0.05, 0) is 18.2 Å². The molecule has 2 aliphatic rings. The van der Waals surface area contributed by atoms with Crippen LogP contribution in [0.1, 0.15) is 0 Å². The number of nitrogens with zero attached hydrogens (tertiary/aromatic N) is 4.